The van der Waals surface area contributed by atoms with E-state index in [1.807, 2.05) is 0 Å². The third-order valence-corrected chi connectivity index (χ3v) is 5.21. The zero-order valence-corrected chi connectivity index (χ0v) is 11.2. The van der Waals surface area contributed by atoms with Crippen LogP contribution in [0.4, 0.5) is 0 Å². The Balaban J connectivity index is 1.42. The Morgan fingerprint density at radius 1 is 1.00 bits per heavy atom. The molecule has 98 valence electrons. The van der Waals surface area contributed by atoms with Crippen molar-refractivity contribution in [2.24, 2.45) is 11.8 Å². The Morgan fingerprint density at radius 3 is 2.41 bits per heavy atom. The van der Waals surface area contributed by atoms with Crippen LogP contribution < -0.4 is 5.32 Å². The molecular weight excluding hydrogens is 210 g/mol. The zero-order chi connectivity index (χ0) is 11.7. The first-order chi connectivity index (χ1) is 8.35. The van der Waals surface area contributed by atoms with E-state index in [2.05, 4.69) is 12.2 Å². The largest absolute Gasteiger partial charge is 0.375 e. The summed E-state index contributed by atoms with van der Waals surface area (Å²) >= 11 is 0. The van der Waals surface area contributed by atoms with E-state index < -0.39 is 0 Å². The van der Waals surface area contributed by atoms with E-state index in [1.165, 1.54) is 51.4 Å². The Bertz CT molecular complexity index is 247. The second kappa shape index (κ2) is 5.27. The van der Waals surface area contributed by atoms with E-state index >= 15 is 0 Å². The molecular formula is C15H27NO. The molecule has 2 nitrogen and oxygen atoms in total. The predicted octanol–water partition coefficient (Wildman–Crippen LogP) is 3.11. The van der Waals surface area contributed by atoms with Crippen molar-refractivity contribution in [2.75, 3.05) is 6.54 Å². The molecule has 0 aromatic rings. The molecule has 0 radical (unpaired) electrons. The topological polar surface area (TPSA) is 21.3 Å². The van der Waals surface area contributed by atoms with Gasteiger partial charge in [0.25, 0.3) is 0 Å². The van der Waals surface area contributed by atoms with Gasteiger partial charge < -0.3 is 10.1 Å². The molecule has 0 spiro atoms. The lowest BCUT2D eigenvalue weighted by atomic mass is 9.92. The van der Waals surface area contributed by atoms with Crippen molar-refractivity contribution in [1.29, 1.82) is 0 Å². The van der Waals surface area contributed by atoms with E-state index in [1.54, 1.807) is 0 Å². The van der Waals surface area contributed by atoms with Crippen LogP contribution in [-0.2, 0) is 4.74 Å². The van der Waals surface area contributed by atoms with Crippen LogP contribution in [0.15, 0.2) is 0 Å². The van der Waals surface area contributed by atoms with Crippen molar-refractivity contribution in [2.45, 2.75) is 76.5 Å². The molecule has 3 aliphatic carbocycles. The fourth-order valence-corrected chi connectivity index (χ4v) is 4.29. The summed E-state index contributed by atoms with van der Waals surface area (Å²) < 4.78 is 6.38. The first-order valence-corrected chi connectivity index (χ1v) is 7.74. The molecule has 3 unspecified atom stereocenters. The van der Waals surface area contributed by atoms with Gasteiger partial charge >= 0.3 is 0 Å². The highest BCUT2D eigenvalue weighted by molar-refractivity contribution is 4.92. The van der Waals surface area contributed by atoms with Crippen molar-refractivity contribution >= 4 is 0 Å². The van der Waals surface area contributed by atoms with Gasteiger partial charge in [-0.05, 0) is 69.7 Å². The molecule has 3 fully saturated rings. The van der Waals surface area contributed by atoms with Gasteiger partial charge in [-0.2, -0.15) is 0 Å². The third kappa shape index (κ3) is 2.68. The molecule has 0 aliphatic heterocycles. The van der Waals surface area contributed by atoms with Gasteiger partial charge in [0.2, 0.25) is 0 Å². The van der Waals surface area contributed by atoms with Crippen LogP contribution in [0.5, 0.6) is 0 Å². The van der Waals surface area contributed by atoms with Gasteiger partial charge in [-0.1, -0.05) is 6.92 Å². The highest BCUT2D eigenvalue weighted by Gasteiger charge is 2.41. The molecule has 2 bridgehead atoms. The minimum Gasteiger partial charge on any atom is -0.375 e. The minimum absolute atomic E-state index is 0.578. The normalized spacial score (nSPS) is 45.4. The Kier molecular flexibility index (Phi) is 3.72. The Morgan fingerprint density at radius 2 is 1.82 bits per heavy atom. The van der Waals surface area contributed by atoms with Crippen LogP contribution >= 0.6 is 0 Å². The van der Waals surface area contributed by atoms with E-state index in [-0.39, 0.29) is 0 Å². The summed E-state index contributed by atoms with van der Waals surface area (Å²) in [5, 5.41) is 3.57. The summed E-state index contributed by atoms with van der Waals surface area (Å²) in [5.41, 5.74) is 0. The van der Waals surface area contributed by atoms with E-state index in [0.29, 0.717) is 12.2 Å². The van der Waals surface area contributed by atoms with Crippen LogP contribution in [0.1, 0.15) is 58.3 Å². The lowest BCUT2D eigenvalue weighted by Crippen LogP contribution is -2.37. The predicted molar refractivity (Wildman–Crippen MR) is 70.0 cm³/mol. The van der Waals surface area contributed by atoms with Gasteiger partial charge in [-0.25, -0.2) is 0 Å². The van der Waals surface area contributed by atoms with Crippen molar-refractivity contribution in [3.63, 3.8) is 0 Å². The maximum absolute atomic E-state index is 6.38. The van der Waals surface area contributed by atoms with Crippen LogP contribution in [0, 0.1) is 11.8 Å². The molecule has 3 saturated carbocycles. The van der Waals surface area contributed by atoms with Gasteiger partial charge in [-0.3, -0.25) is 0 Å². The molecule has 3 aliphatic rings. The summed E-state index contributed by atoms with van der Waals surface area (Å²) in [7, 11) is 0. The monoisotopic (exact) mass is 237 g/mol. The number of ether oxygens (including phenoxy) is 1. The van der Waals surface area contributed by atoms with Gasteiger partial charge in [0, 0.05) is 6.04 Å². The molecule has 0 aromatic carbocycles. The Labute approximate surface area is 105 Å². The maximum atomic E-state index is 6.38. The van der Waals surface area contributed by atoms with Gasteiger partial charge in [-0.15, -0.1) is 0 Å². The molecule has 3 atom stereocenters. The quantitative estimate of drug-likeness (QED) is 0.811. The molecule has 1 N–H and O–H groups in total. The second-order valence-corrected chi connectivity index (χ2v) is 6.38. The molecule has 0 aromatic heterocycles. The highest BCUT2D eigenvalue weighted by atomic mass is 16.5. The number of hydrogen-bond acceptors (Lipinski definition) is 2. The fraction of sp³-hybridized carbons (Fsp3) is 1.00. The maximum Gasteiger partial charge on any atom is 0.0609 e. The van der Waals surface area contributed by atoms with Crippen LogP contribution in [0.25, 0.3) is 0 Å². The van der Waals surface area contributed by atoms with Crippen molar-refractivity contribution in [1.82, 2.24) is 5.32 Å². The third-order valence-electron chi connectivity index (χ3n) is 5.21. The molecule has 3 rings (SSSR count). The zero-order valence-electron chi connectivity index (χ0n) is 11.2. The van der Waals surface area contributed by atoms with Gasteiger partial charge in [0.1, 0.15) is 0 Å². The SMILES string of the molecule is CCNC1CCC(OC2CC3CCC2C3)CC1. The standard InChI is InChI=1S/C15H27NO/c1-2-16-13-5-7-14(8-6-13)17-15-10-11-3-4-12(15)9-11/h11-16H,2-10H2,1H3. The molecule has 2 heteroatoms. The van der Waals surface area contributed by atoms with E-state index in [4.69, 9.17) is 4.74 Å². The average molecular weight is 237 g/mol. The van der Waals surface area contributed by atoms with Crippen LogP contribution in [0.3, 0.4) is 0 Å². The summed E-state index contributed by atoms with van der Waals surface area (Å²) in [5.74, 6) is 1.94. The van der Waals surface area contributed by atoms with Crippen molar-refractivity contribution in [3.05, 3.63) is 0 Å². The molecule has 17 heavy (non-hydrogen) atoms. The van der Waals surface area contributed by atoms with E-state index in [9.17, 15) is 0 Å². The summed E-state index contributed by atoms with van der Waals surface area (Å²) in [6.45, 7) is 3.32. The fourth-order valence-electron chi connectivity index (χ4n) is 4.29. The van der Waals surface area contributed by atoms with Gasteiger partial charge in [0.05, 0.1) is 12.2 Å². The first-order valence-electron chi connectivity index (χ1n) is 7.74. The highest BCUT2D eigenvalue weighted by Crippen LogP contribution is 2.46. The molecule has 0 amide bonds. The average Bonchev–Trinajstić information content (AvgIpc) is 2.94. The van der Waals surface area contributed by atoms with Crippen LogP contribution in [0.2, 0.25) is 0 Å². The number of rotatable bonds is 4. The van der Waals surface area contributed by atoms with Crippen molar-refractivity contribution < 1.29 is 4.74 Å². The molecule has 0 heterocycles. The number of hydrogen-bond donors (Lipinski definition) is 1. The first kappa shape index (κ1) is 12.0. The van der Waals surface area contributed by atoms with Crippen molar-refractivity contribution in [3.8, 4) is 0 Å². The summed E-state index contributed by atoms with van der Waals surface area (Å²) in [4.78, 5) is 0. The lowest BCUT2D eigenvalue weighted by Gasteiger charge is -2.33. The summed E-state index contributed by atoms with van der Waals surface area (Å²) in [6, 6.07) is 0.764. The lowest BCUT2D eigenvalue weighted by molar-refractivity contribution is -0.0566. The Hall–Kier alpha value is -0.0800. The van der Waals surface area contributed by atoms with E-state index in [0.717, 1.165) is 24.4 Å². The second-order valence-electron chi connectivity index (χ2n) is 6.38. The van der Waals surface area contributed by atoms with Gasteiger partial charge in [0.15, 0.2) is 0 Å². The number of fused-ring (bicyclic) bond motifs is 2. The minimum atomic E-state index is 0.578. The molecule has 0 saturated heterocycles. The number of nitrogens with one attached hydrogen (secondary N) is 1. The summed E-state index contributed by atoms with van der Waals surface area (Å²) in [6.07, 6.45) is 12.2. The van der Waals surface area contributed by atoms with Crippen LogP contribution in [-0.4, -0.2) is 24.8 Å². The smallest absolute Gasteiger partial charge is 0.0609 e.